The highest BCUT2D eigenvalue weighted by molar-refractivity contribution is 5.58. The maximum absolute atomic E-state index is 11.0. The van der Waals surface area contributed by atoms with Crippen LogP contribution in [0, 0.1) is 0 Å². The molecule has 0 bridgehead atoms. The van der Waals surface area contributed by atoms with Gasteiger partial charge in [-0.25, -0.2) is 9.97 Å². The van der Waals surface area contributed by atoms with Crippen LogP contribution in [0.1, 0.15) is 17.5 Å². The van der Waals surface area contributed by atoms with Crippen molar-refractivity contribution in [1.29, 1.82) is 0 Å². The van der Waals surface area contributed by atoms with Crippen molar-refractivity contribution in [1.82, 2.24) is 19.9 Å². The van der Waals surface area contributed by atoms with E-state index in [1.54, 1.807) is 18.7 Å². The quantitative estimate of drug-likeness (QED) is 0.695. The largest absolute Gasteiger partial charge is 0.390 e. The highest BCUT2D eigenvalue weighted by Crippen LogP contribution is 2.27. The van der Waals surface area contributed by atoms with Crippen LogP contribution in [-0.2, 0) is 13.0 Å². The number of nitrogens with one attached hydrogen (secondary N) is 1. The monoisotopic (exact) mass is 402 g/mol. The van der Waals surface area contributed by atoms with Crippen molar-refractivity contribution < 1.29 is 5.11 Å². The molecule has 154 valence electrons. The third kappa shape index (κ3) is 3.99. The standard InChI is InChI=1S/C23H26N6O/c30-21-15-29(23-13-22(25-16-26-23)27-19-5-9-24-10-6-19)12-8-20(21)28-11-7-17-3-1-2-4-18(17)14-28/h1-6,9-10,13,16,20-21,30H,7-8,11-12,14-15H2,(H,24,25,26,27)/t20-,21-/m1/s1. The van der Waals surface area contributed by atoms with Gasteiger partial charge in [-0.05, 0) is 36.1 Å². The lowest BCUT2D eigenvalue weighted by molar-refractivity contribution is 0.0293. The van der Waals surface area contributed by atoms with Crippen molar-refractivity contribution >= 4 is 17.3 Å². The summed E-state index contributed by atoms with van der Waals surface area (Å²) in [6.07, 6.45) is 6.61. The fourth-order valence-corrected chi connectivity index (χ4v) is 4.53. The summed E-state index contributed by atoms with van der Waals surface area (Å²) in [5, 5.41) is 14.2. The van der Waals surface area contributed by atoms with Crippen LogP contribution in [0.2, 0.25) is 0 Å². The number of β-amino-alcohol motifs (C(OH)–C–C–N with tert-alkyl or cyclic N) is 1. The zero-order valence-electron chi connectivity index (χ0n) is 16.9. The molecule has 2 aromatic heterocycles. The van der Waals surface area contributed by atoms with Crippen LogP contribution in [0.25, 0.3) is 0 Å². The van der Waals surface area contributed by atoms with Crippen molar-refractivity contribution in [2.75, 3.05) is 29.9 Å². The van der Waals surface area contributed by atoms with Crippen molar-refractivity contribution in [2.45, 2.75) is 31.5 Å². The molecule has 0 spiro atoms. The van der Waals surface area contributed by atoms with E-state index in [-0.39, 0.29) is 6.04 Å². The van der Waals surface area contributed by atoms with Crippen LogP contribution in [0.15, 0.2) is 61.2 Å². The smallest absolute Gasteiger partial charge is 0.135 e. The van der Waals surface area contributed by atoms with Gasteiger partial charge in [-0.2, -0.15) is 0 Å². The molecule has 2 aliphatic rings. The van der Waals surface area contributed by atoms with E-state index in [1.807, 2.05) is 18.2 Å². The van der Waals surface area contributed by atoms with Gasteiger partial charge < -0.3 is 15.3 Å². The summed E-state index contributed by atoms with van der Waals surface area (Å²) in [5.41, 5.74) is 3.76. The van der Waals surface area contributed by atoms with Crippen LogP contribution >= 0.6 is 0 Å². The summed E-state index contributed by atoms with van der Waals surface area (Å²) in [4.78, 5) is 17.4. The first-order valence-electron chi connectivity index (χ1n) is 10.5. The molecule has 5 rings (SSSR count). The van der Waals surface area contributed by atoms with Gasteiger partial charge in [0.2, 0.25) is 0 Å². The fraction of sp³-hybridized carbons (Fsp3) is 0.348. The van der Waals surface area contributed by atoms with Crippen molar-refractivity contribution in [3.05, 3.63) is 72.3 Å². The van der Waals surface area contributed by atoms with E-state index in [1.165, 1.54) is 11.1 Å². The molecule has 3 aromatic rings. The van der Waals surface area contributed by atoms with Gasteiger partial charge in [0.1, 0.15) is 18.0 Å². The number of benzene rings is 1. The Hall–Kier alpha value is -3.03. The van der Waals surface area contributed by atoms with Crippen LogP contribution < -0.4 is 10.2 Å². The van der Waals surface area contributed by atoms with E-state index >= 15 is 0 Å². The molecule has 30 heavy (non-hydrogen) atoms. The van der Waals surface area contributed by atoms with Gasteiger partial charge in [0, 0.05) is 56.4 Å². The first kappa shape index (κ1) is 19.0. The summed E-state index contributed by atoms with van der Waals surface area (Å²) < 4.78 is 0. The first-order valence-corrected chi connectivity index (χ1v) is 10.5. The molecule has 2 N–H and O–H groups in total. The number of hydrogen-bond donors (Lipinski definition) is 2. The maximum Gasteiger partial charge on any atom is 0.135 e. The second kappa shape index (κ2) is 8.38. The number of hydrogen-bond acceptors (Lipinski definition) is 7. The van der Waals surface area contributed by atoms with Gasteiger partial charge in [-0.15, -0.1) is 0 Å². The lowest BCUT2D eigenvalue weighted by Crippen LogP contribution is -2.55. The Morgan fingerprint density at radius 1 is 1.00 bits per heavy atom. The van der Waals surface area contributed by atoms with E-state index in [0.717, 1.165) is 49.8 Å². The minimum Gasteiger partial charge on any atom is -0.390 e. The Morgan fingerprint density at radius 2 is 1.83 bits per heavy atom. The van der Waals surface area contributed by atoms with E-state index in [0.29, 0.717) is 6.54 Å². The summed E-state index contributed by atoms with van der Waals surface area (Å²) in [6.45, 7) is 3.37. The molecule has 2 aliphatic heterocycles. The Balaban J connectivity index is 1.25. The van der Waals surface area contributed by atoms with Gasteiger partial charge in [0.05, 0.1) is 6.10 Å². The molecule has 1 saturated heterocycles. The van der Waals surface area contributed by atoms with Gasteiger partial charge in [-0.3, -0.25) is 9.88 Å². The average Bonchev–Trinajstić information content (AvgIpc) is 2.79. The van der Waals surface area contributed by atoms with Crippen LogP contribution in [0.5, 0.6) is 0 Å². The Kier molecular flexibility index (Phi) is 5.29. The van der Waals surface area contributed by atoms with E-state index < -0.39 is 6.10 Å². The maximum atomic E-state index is 11.0. The number of aromatic nitrogens is 3. The normalized spacial score (nSPS) is 21.8. The molecule has 7 heteroatoms. The van der Waals surface area contributed by atoms with Crippen molar-refractivity contribution in [3.63, 3.8) is 0 Å². The number of anilines is 3. The van der Waals surface area contributed by atoms with Crippen LogP contribution in [0.4, 0.5) is 17.3 Å². The summed E-state index contributed by atoms with van der Waals surface area (Å²) in [5.74, 6) is 1.57. The average molecular weight is 403 g/mol. The van der Waals surface area contributed by atoms with Crippen LogP contribution in [0.3, 0.4) is 0 Å². The number of aliphatic hydroxyl groups is 1. The lowest BCUT2D eigenvalue weighted by Gasteiger charge is -2.43. The summed E-state index contributed by atoms with van der Waals surface area (Å²) in [6, 6.07) is 14.6. The van der Waals surface area contributed by atoms with Gasteiger partial charge in [-0.1, -0.05) is 24.3 Å². The Morgan fingerprint density at radius 3 is 2.67 bits per heavy atom. The molecule has 1 aromatic carbocycles. The van der Waals surface area contributed by atoms with E-state index in [4.69, 9.17) is 0 Å². The third-order valence-electron chi connectivity index (χ3n) is 6.10. The molecule has 0 unspecified atom stereocenters. The number of pyridine rings is 1. The Labute approximate surface area is 176 Å². The third-order valence-corrected chi connectivity index (χ3v) is 6.10. The van der Waals surface area contributed by atoms with Gasteiger partial charge in [0.25, 0.3) is 0 Å². The predicted octanol–water partition coefficient (Wildman–Crippen LogP) is 2.61. The molecule has 0 saturated carbocycles. The molecule has 7 nitrogen and oxygen atoms in total. The number of piperidine rings is 1. The molecule has 4 heterocycles. The first-order chi connectivity index (χ1) is 14.8. The minimum absolute atomic E-state index is 0.186. The molecule has 0 aliphatic carbocycles. The second-order valence-electron chi connectivity index (χ2n) is 7.98. The van der Waals surface area contributed by atoms with E-state index in [2.05, 4.69) is 54.3 Å². The number of aliphatic hydroxyl groups excluding tert-OH is 1. The molecule has 1 fully saturated rings. The zero-order valence-corrected chi connectivity index (χ0v) is 16.9. The van der Waals surface area contributed by atoms with Crippen molar-refractivity contribution in [3.8, 4) is 0 Å². The predicted molar refractivity (Wildman–Crippen MR) is 117 cm³/mol. The summed E-state index contributed by atoms with van der Waals surface area (Å²) >= 11 is 0. The summed E-state index contributed by atoms with van der Waals surface area (Å²) in [7, 11) is 0. The lowest BCUT2D eigenvalue weighted by atomic mass is 9.94. The highest BCUT2D eigenvalue weighted by Gasteiger charge is 2.34. The zero-order chi connectivity index (χ0) is 20.3. The Bertz CT molecular complexity index is 998. The minimum atomic E-state index is -0.407. The van der Waals surface area contributed by atoms with Crippen molar-refractivity contribution in [2.24, 2.45) is 0 Å². The van der Waals surface area contributed by atoms with Gasteiger partial charge in [0.15, 0.2) is 0 Å². The molecular weight excluding hydrogens is 376 g/mol. The fourth-order valence-electron chi connectivity index (χ4n) is 4.53. The molecule has 0 radical (unpaired) electrons. The van der Waals surface area contributed by atoms with E-state index in [9.17, 15) is 5.11 Å². The number of fused-ring (bicyclic) bond motifs is 1. The SMILES string of the molecule is O[C@@H]1CN(c2cc(Nc3ccncc3)ncn2)CC[C@H]1N1CCc2ccccc2C1. The molecule has 2 atom stereocenters. The van der Waals surface area contributed by atoms with Gasteiger partial charge >= 0.3 is 0 Å². The molecular formula is C23H26N6O. The topological polar surface area (TPSA) is 77.4 Å². The number of nitrogens with zero attached hydrogens (tertiary/aromatic N) is 5. The second-order valence-corrected chi connectivity index (χ2v) is 7.98. The number of rotatable bonds is 4. The molecule has 0 amide bonds. The highest BCUT2D eigenvalue weighted by atomic mass is 16.3. The van der Waals surface area contributed by atoms with Crippen LogP contribution in [-0.4, -0.2) is 56.7 Å².